The Kier molecular flexibility index (Phi) is 5.70. The molecule has 112 valence electrons. The van der Waals surface area contributed by atoms with Crippen LogP contribution in [0.25, 0.3) is 0 Å². The van der Waals surface area contributed by atoms with E-state index in [1.807, 2.05) is 6.92 Å². The van der Waals surface area contributed by atoms with Gasteiger partial charge in [0.15, 0.2) is 11.6 Å². The van der Waals surface area contributed by atoms with Gasteiger partial charge in [-0.15, -0.1) is 0 Å². The second-order valence-corrected chi connectivity index (χ2v) is 5.49. The molecule has 1 N–H and O–H groups in total. The van der Waals surface area contributed by atoms with Crippen LogP contribution >= 0.6 is 15.9 Å². The van der Waals surface area contributed by atoms with Gasteiger partial charge < -0.3 is 10.1 Å². The van der Waals surface area contributed by atoms with Gasteiger partial charge in [0.05, 0.1) is 0 Å². The molecule has 0 aliphatic carbocycles. The normalized spacial score (nSPS) is 10.7. The average molecular weight is 356 g/mol. The monoisotopic (exact) mass is 355 g/mol. The number of ether oxygens (including phenoxy) is 1. The SMILES string of the molecule is CCCNCc1c(F)cccc1Oc1cc(Br)ccc1F. The standard InChI is InChI=1S/C16H16BrF2NO/c1-2-8-20-10-12-13(18)4-3-5-15(12)21-16-9-11(17)6-7-14(16)19/h3-7,9,20H,2,8,10H2,1H3. The van der Waals surface area contributed by atoms with Crippen molar-refractivity contribution in [2.75, 3.05) is 6.54 Å². The molecule has 0 radical (unpaired) electrons. The van der Waals surface area contributed by atoms with Crippen LogP contribution in [-0.2, 0) is 6.54 Å². The summed E-state index contributed by atoms with van der Waals surface area (Å²) >= 11 is 3.26. The summed E-state index contributed by atoms with van der Waals surface area (Å²) < 4.78 is 33.9. The highest BCUT2D eigenvalue weighted by molar-refractivity contribution is 9.10. The summed E-state index contributed by atoms with van der Waals surface area (Å²) in [7, 11) is 0. The first-order valence-electron chi connectivity index (χ1n) is 6.73. The van der Waals surface area contributed by atoms with Crippen LogP contribution in [0.3, 0.4) is 0 Å². The van der Waals surface area contributed by atoms with E-state index >= 15 is 0 Å². The fourth-order valence-corrected chi connectivity index (χ4v) is 2.21. The van der Waals surface area contributed by atoms with E-state index in [-0.39, 0.29) is 11.6 Å². The molecule has 0 spiro atoms. The van der Waals surface area contributed by atoms with Gasteiger partial charge in [-0.2, -0.15) is 0 Å². The molecule has 21 heavy (non-hydrogen) atoms. The predicted molar refractivity (Wildman–Crippen MR) is 82.6 cm³/mol. The van der Waals surface area contributed by atoms with Crippen LogP contribution in [0.15, 0.2) is 40.9 Å². The van der Waals surface area contributed by atoms with Gasteiger partial charge in [-0.25, -0.2) is 8.78 Å². The van der Waals surface area contributed by atoms with Crippen molar-refractivity contribution in [1.29, 1.82) is 0 Å². The maximum absolute atomic E-state index is 13.9. The highest BCUT2D eigenvalue weighted by atomic mass is 79.9. The van der Waals surface area contributed by atoms with E-state index in [0.29, 0.717) is 22.3 Å². The minimum absolute atomic E-state index is 0.0618. The number of hydrogen-bond donors (Lipinski definition) is 1. The second-order valence-electron chi connectivity index (χ2n) is 4.57. The minimum Gasteiger partial charge on any atom is -0.454 e. The molecule has 5 heteroatoms. The van der Waals surface area contributed by atoms with Gasteiger partial charge in [0.2, 0.25) is 0 Å². The molecule has 2 nitrogen and oxygen atoms in total. The van der Waals surface area contributed by atoms with Crippen molar-refractivity contribution in [3.63, 3.8) is 0 Å². The second kappa shape index (κ2) is 7.52. The summed E-state index contributed by atoms with van der Waals surface area (Å²) in [6, 6.07) is 8.94. The first-order chi connectivity index (χ1) is 10.1. The Bertz CT molecular complexity index is 619. The lowest BCUT2D eigenvalue weighted by molar-refractivity contribution is 0.429. The number of benzene rings is 2. The summed E-state index contributed by atoms with van der Waals surface area (Å²) in [5, 5.41) is 3.12. The van der Waals surface area contributed by atoms with Crippen LogP contribution in [0, 0.1) is 11.6 Å². The Morgan fingerprint density at radius 2 is 1.90 bits per heavy atom. The van der Waals surface area contributed by atoms with E-state index in [2.05, 4.69) is 21.2 Å². The van der Waals surface area contributed by atoms with Crippen LogP contribution in [0.4, 0.5) is 8.78 Å². The third-order valence-corrected chi connectivity index (χ3v) is 3.41. The van der Waals surface area contributed by atoms with Crippen molar-refractivity contribution in [2.45, 2.75) is 19.9 Å². The zero-order valence-corrected chi connectivity index (χ0v) is 13.2. The molecule has 0 aliphatic heterocycles. The summed E-state index contributed by atoms with van der Waals surface area (Å²) in [5.74, 6) is -0.483. The van der Waals surface area contributed by atoms with Crippen molar-refractivity contribution in [1.82, 2.24) is 5.32 Å². The van der Waals surface area contributed by atoms with Crippen LogP contribution in [0.5, 0.6) is 11.5 Å². The van der Waals surface area contributed by atoms with Crippen molar-refractivity contribution >= 4 is 15.9 Å². The van der Waals surface area contributed by atoms with Crippen LogP contribution in [-0.4, -0.2) is 6.54 Å². The zero-order chi connectivity index (χ0) is 15.2. The largest absolute Gasteiger partial charge is 0.454 e. The molecule has 0 atom stereocenters. The van der Waals surface area contributed by atoms with Crippen molar-refractivity contribution in [3.05, 3.63) is 58.1 Å². The van der Waals surface area contributed by atoms with Crippen LogP contribution in [0.2, 0.25) is 0 Å². The predicted octanol–water partition coefficient (Wildman–Crippen LogP) is 5.02. The van der Waals surface area contributed by atoms with Gasteiger partial charge in [0, 0.05) is 16.6 Å². The topological polar surface area (TPSA) is 21.3 Å². The molecule has 0 aromatic heterocycles. The summed E-state index contributed by atoms with van der Waals surface area (Å²) in [6.45, 7) is 3.15. The smallest absolute Gasteiger partial charge is 0.165 e. The Balaban J connectivity index is 2.26. The Labute approximate surface area is 131 Å². The van der Waals surface area contributed by atoms with E-state index in [0.717, 1.165) is 13.0 Å². The number of nitrogens with one attached hydrogen (secondary N) is 1. The third kappa shape index (κ3) is 4.25. The maximum atomic E-state index is 13.9. The third-order valence-electron chi connectivity index (χ3n) is 2.92. The minimum atomic E-state index is -0.491. The molecule has 0 aliphatic rings. The van der Waals surface area contributed by atoms with Gasteiger partial charge in [-0.3, -0.25) is 0 Å². The van der Waals surface area contributed by atoms with Crippen molar-refractivity contribution < 1.29 is 13.5 Å². The molecule has 2 rings (SSSR count). The number of hydrogen-bond acceptors (Lipinski definition) is 2. The van der Waals surface area contributed by atoms with Crippen LogP contribution in [0.1, 0.15) is 18.9 Å². The molecule has 0 amide bonds. The van der Waals surface area contributed by atoms with E-state index in [9.17, 15) is 8.78 Å². The first kappa shape index (κ1) is 15.9. The molecule has 0 heterocycles. The van der Waals surface area contributed by atoms with E-state index in [4.69, 9.17) is 4.74 Å². The molecular formula is C16H16BrF2NO. The van der Waals surface area contributed by atoms with E-state index in [1.54, 1.807) is 18.2 Å². The van der Waals surface area contributed by atoms with E-state index < -0.39 is 5.82 Å². The lowest BCUT2D eigenvalue weighted by Gasteiger charge is -2.13. The molecule has 2 aromatic carbocycles. The maximum Gasteiger partial charge on any atom is 0.165 e. The molecule has 0 bridgehead atoms. The van der Waals surface area contributed by atoms with Crippen LogP contribution < -0.4 is 10.1 Å². The number of halogens is 3. The molecule has 2 aromatic rings. The Hall–Kier alpha value is -1.46. The summed E-state index contributed by atoms with van der Waals surface area (Å²) in [4.78, 5) is 0. The van der Waals surface area contributed by atoms with Gasteiger partial charge in [-0.05, 0) is 43.3 Å². The highest BCUT2D eigenvalue weighted by Gasteiger charge is 2.12. The van der Waals surface area contributed by atoms with Gasteiger partial charge in [0.1, 0.15) is 11.6 Å². The first-order valence-corrected chi connectivity index (χ1v) is 7.52. The van der Waals surface area contributed by atoms with Gasteiger partial charge >= 0.3 is 0 Å². The molecular weight excluding hydrogens is 340 g/mol. The van der Waals surface area contributed by atoms with Crippen molar-refractivity contribution in [2.24, 2.45) is 0 Å². The zero-order valence-electron chi connectivity index (χ0n) is 11.6. The van der Waals surface area contributed by atoms with Gasteiger partial charge in [-0.1, -0.05) is 28.9 Å². The number of rotatable bonds is 6. The Morgan fingerprint density at radius 1 is 1.10 bits per heavy atom. The summed E-state index contributed by atoms with van der Waals surface area (Å²) in [5.41, 5.74) is 0.394. The fourth-order valence-electron chi connectivity index (χ4n) is 1.87. The quantitative estimate of drug-likeness (QED) is 0.734. The molecule has 0 saturated heterocycles. The van der Waals surface area contributed by atoms with Gasteiger partial charge in [0.25, 0.3) is 0 Å². The average Bonchev–Trinajstić information content (AvgIpc) is 2.46. The Morgan fingerprint density at radius 3 is 2.67 bits per heavy atom. The lowest BCUT2D eigenvalue weighted by atomic mass is 10.2. The molecule has 0 fully saturated rings. The fraction of sp³-hybridized carbons (Fsp3) is 0.250. The molecule has 0 saturated carbocycles. The van der Waals surface area contributed by atoms with E-state index in [1.165, 1.54) is 18.2 Å². The summed E-state index contributed by atoms with van der Waals surface area (Å²) in [6.07, 6.45) is 0.949. The molecule has 0 unspecified atom stereocenters. The van der Waals surface area contributed by atoms with Crippen molar-refractivity contribution in [3.8, 4) is 11.5 Å². The lowest BCUT2D eigenvalue weighted by Crippen LogP contribution is -2.15. The highest BCUT2D eigenvalue weighted by Crippen LogP contribution is 2.30.